The van der Waals surface area contributed by atoms with E-state index in [9.17, 15) is 0 Å². The summed E-state index contributed by atoms with van der Waals surface area (Å²) in [7, 11) is 3.00. The summed E-state index contributed by atoms with van der Waals surface area (Å²) in [6.45, 7) is 2.25. The van der Waals surface area contributed by atoms with Crippen LogP contribution in [0.1, 0.15) is 13.3 Å². The van der Waals surface area contributed by atoms with Gasteiger partial charge in [-0.05, 0) is 6.42 Å². The van der Waals surface area contributed by atoms with Crippen molar-refractivity contribution in [2.45, 2.75) is 13.3 Å². The normalized spacial score (nSPS) is 4.36. The molecule has 0 unspecified atom stereocenters. The quantitative estimate of drug-likeness (QED) is 0.422. The van der Waals surface area contributed by atoms with Gasteiger partial charge >= 0.3 is 0 Å². The molecule has 0 aromatic carbocycles. The average molecular weight is 204 g/mol. The predicted molar refractivity (Wildman–Crippen MR) is 41.8 cm³/mol. The zero-order valence-electron chi connectivity index (χ0n) is 7.70. The first kappa shape index (κ1) is 30.0. The molecule has 0 fully saturated rings. The zero-order valence-corrected chi connectivity index (χ0v) is 9.26. The third kappa shape index (κ3) is 320. The SMILES string of the molecule is CCCO.CO.CO.CO.[Ti]. The van der Waals surface area contributed by atoms with Gasteiger partial charge in [-0.1, -0.05) is 6.92 Å². The summed E-state index contributed by atoms with van der Waals surface area (Å²) in [6, 6.07) is 0. The molecule has 4 nitrogen and oxygen atoms in total. The first-order chi connectivity index (χ1) is 4.91. The standard InChI is InChI=1S/C3H8O.3CH4O.Ti/c1-2-3-4;3*1-2;/h4H,2-3H2,1H3;3*2H,1H3;. The van der Waals surface area contributed by atoms with Crippen LogP contribution in [0.25, 0.3) is 0 Å². The van der Waals surface area contributed by atoms with Gasteiger partial charge in [0.15, 0.2) is 0 Å². The van der Waals surface area contributed by atoms with E-state index in [0.29, 0.717) is 6.61 Å². The van der Waals surface area contributed by atoms with Crippen LogP contribution in [-0.2, 0) is 21.7 Å². The Labute approximate surface area is 83.8 Å². The Morgan fingerprint density at radius 1 is 0.818 bits per heavy atom. The van der Waals surface area contributed by atoms with Crippen LogP contribution < -0.4 is 0 Å². The van der Waals surface area contributed by atoms with Crippen LogP contribution in [0.2, 0.25) is 0 Å². The van der Waals surface area contributed by atoms with E-state index in [4.69, 9.17) is 20.4 Å². The molecule has 4 N–H and O–H groups in total. The van der Waals surface area contributed by atoms with E-state index >= 15 is 0 Å². The molecule has 0 rings (SSSR count). The largest absolute Gasteiger partial charge is 0.400 e. The summed E-state index contributed by atoms with van der Waals surface area (Å²) in [5.41, 5.74) is 0. The third-order valence-corrected chi connectivity index (χ3v) is 0.224. The summed E-state index contributed by atoms with van der Waals surface area (Å²) in [4.78, 5) is 0. The molecule has 0 spiro atoms. The molecule has 0 amide bonds. The van der Waals surface area contributed by atoms with Crippen LogP contribution in [0.4, 0.5) is 0 Å². The molecule has 5 heteroatoms. The number of hydrogen-bond acceptors (Lipinski definition) is 4. The van der Waals surface area contributed by atoms with Crippen molar-refractivity contribution < 1.29 is 42.1 Å². The molecule has 72 valence electrons. The van der Waals surface area contributed by atoms with E-state index in [1.807, 2.05) is 6.92 Å². The molecule has 0 heterocycles. The minimum absolute atomic E-state index is 0. The molecule has 0 bridgehead atoms. The molecule has 0 aromatic rings. The van der Waals surface area contributed by atoms with Crippen molar-refractivity contribution in [3.8, 4) is 0 Å². The van der Waals surface area contributed by atoms with E-state index in [1.165, 1.54) is 0 Å². The van der Waals surface area contributed by atoms with Gasteiger partial charge in [0.1, 0.15) is 0 Å². The van der Waals surface area contributed by atoms with Crippen molar-refractivity contribution in [2.75, 3.05) is 27.9 Å². The van der Waals surface area contributed by atoms with Gasteiger partial charge in [-0.25, -0.2) is 0 Å². The Balaban J connectivity index is -0.0000000152. The maximum atomic E-state index is 7.88. The zero-order chi connectivity index (χ0) is 9.41. The van der Waals surface area contributed by atoms with E-state index in [-0.39, 0.29) is 21.7 Å². The monoisotopic (exact) mass is 204 g/mol. The van der Waals surface area contributed by atoms with Gasteiger partial charge in [-0.15, -0.1) is 0 Å². The average Bonchev–Trinajstić information content (AvgIpc) is 2.14. The number of aliphatic hydroxyl groups is 4. The van der Waals surface area contributed by atoms with Crippen LogP contribution in [0.3, 0.4) is 0 Å². The summed E-state index contributed by atoms with van der Waals surface area (Å²) < 4.78 is 0. The molecule has 0 aromatic heterocycles. The minimum atomic E-state index is 0. The van der Waals surface area contributed by atoms with Crippen molar-refractivity contribution >= 4 is 0 Å². The number of aliphatic hydroxyl groups excluding tert-OH is 4. The van der Waals surface area contributed by atoms with Crippen molar-refractivity contribution in [1.82, 2.24) is 0 Å². The molecule has 0 aliphatic heterocycles. The van der Waals surface area contributed by atoms with Crippen LogP contribution >= 0.6 is 0 Å². The van der Waals surface area contributed by atoms with Gasteiger partial charge in [0.05, 0.1) is 0 Å². The van der Waals surface area contributed by atoms with Gasteiger partial charge in [0.25, 0.3) is 0 Å². The second-order valence-electron chi connectivity index (χ2n) is 0.724. The summed E-state index contributed by atoms with van der Waals surface area (Å²) in [5.74, 6) is 0. The van der Waals surface area contributed by atoms with Crippen LogP contribution in [0, 0.1) is 0 Å². The Bertz CT molecular complexity index is 16.5. The third-order valence-electron chi connectivity index (χ3n) is 0.224. The Morgan fingerprint density at radius 3 is 0.909 bits per heavy atom. The van der Waals surface area contributed by atoms with Crippen molar-refractivity contribution in [2.24, 2.45) is 0 Å². The Morgan fingerprint density at radius 2 is 0.909 bits per heavy atom. The summed E-state index contributed by atoms with van der Waals surface area (Å²) in [6.07, 6.45) is 0.875. The molecular formula is C6H20O4Ti. The van der Waals surface area contributed by atoms with E-state index in [2.05, 4.69) is 0 Å². The number of hydrogen-bond donors (Lipinski definition) is 4. The Hall–Kier alpha value is 0.554. The molecule has 0 aliphatic rings. The Kier molecular flexibility index (Phi) is 402. The van der Waals surface area contributed by atoms with Crippen molar-refractivity contribution in [1.29, 1.82) is 0 Å². The second-order valence-corrected chi connectivity index (χ2v) is 0.724. The fourth-order valence-electron chi connectivity index (χ4n) is 0. The first-order valence-electron chi connectivity index (χ1n) is 2.86. The molecular weight excluding hydrogens is 184 g/mol. The smallest absolute Gasteiger partial charge is 0.0428 e. The molecule has 0 aliphatic carbocycles. The molecule has 0 atom stereocenters. The van der Waals surface area contributed by atoms with Crippen molar-refractivity contribution in [3.05, 3.63) is 0 Å². The second kappa shape index (κ2) is 148. The van der Waals surface area contributed by atoms with Crippen LogP contribution in [0.5, 0.6) is 0 Å². The van der Waals surface area contributed by atoms with E-state index in [1.54, 1.807) is 0 Å². The predicted octanol–water partition coefficient (Wildman–Crippen LogP) is -0.788. The van der Waals surface area contributed by atoms with E-state index < -0.39 is 0 Å². The van der Waals surface area contributed by atoms with Gasteiger partial charge in [-0.2, -0.15) is 0 Å². The maximum absolute atomic E-state index is 7.88. The molecule has 0 radical (unpaired) electrons. The summed E-state index contributed by atoms with van der Waals surface area (Å²) >= 11 is 0. The van der Waals surface area contributed by atoms with Gasteiger partial charge in [0.2, 0.25) is 0 Å². The number of rotatable bonds is 1. The fraction of sp³-hybridized carbons (Fsp3) is 1.00. The van der Waals surface area contributed by atoms with Gasteiger partial charge < -0.3 is 20.4 Å². The first-order valence-corrected chi connectivity index (χ1v) is 2.86. The maximum Gasteiger partial charge on any atom is 0.0428 e. The molecule has 0 saturated heterocycles. The molecule has 11 heavy (non-hydrogen) atoms. The van der Waals surface area contributed by atoms with Gasteiger partial charge in [0, 0.05) is 49.7 Å². The summed E-state index contributed by atoms with van der Waals surface area (Å²) in [5, 5.41) is 28.9. The van der Waals surface area contributed by atoms with Crippen LogP contribution in [0.15, 0.2) is 0 Å². The van der Waals surface area contributed by atoms with E-state index in [0.717, 1.165) is 27.8 Å². The fourth-order valence-corrected chi connectivity index (χ4v) is 0. The minimum Gasteiger partial charge on any atom is -0.400 e. The molecule has 0 saturated carbocycles. The topological polar surface area (TPSA) is 80.9 Å². The van der Waals surface area contributed by atoms with Crippen molar-refractivity contribution in [3.63, 3.8) is 0 Å². The van der Waals surface area contributed by atoms with Crippen LogP contribution in [-0.4, -0.2) is 48.4 Å². The van der Waals surface area contributed by atoms with Gasteiger partial charge in [-0.3, -0.25) is 0 Å².